The van der Waals surface area contributed by atoms with Crippen LogP contribution in [0.15, 0.2) is 18.2 Å². The van der Waals surface area contributed by atoms with Gasteiger partial charge in [-0.05, 0) is 24.1 Å². The van der Waals surface area contributed by atoms with Gasteiger partial charge in [0.2, 0.25) is 0 Å². The summed E-state index contributed by atoms with van der Waals surface area (Å²) in [6.45, 7) is 0.707. The SMILES string of the molecule is COc1ccc2c(c1)CCOC2OC. The van der Waals surface area contributed by atoms with Crippen molar-refractivity contribution in [1.29, 1.82) is 0 Å². The minimum Gasteiger partial charge on any atom is -0.497 e. The highest BCUT2D eigenvalue weighted by Gasteiger charge is 2.20. The van der Waals surface area contributed by atoms with Gasteiger partial charge in [0, 0.05) is 12.7 Å². The molecule has 0 fully saturated rings. The van der Waals surface area contributed by atoms with Gasteiger partial charge >= 0.3 is 0 Å². The standard InChI is InChI=1S/C11H14O3/c1-12-9-3-4-10-8(7-9)5-6-14-11(10)13-2/h3-4,7,11H,5-6H2,1-2H3. The van der Waals surface area contributed by atoms with E-state index in [4.69, 9.17) is 14.2 Å². The van der Waals surface area contributed by atoms with Crippen LogP contribution >= 0.6 is 0 Å². The van der Waals surface area contributed by atoms with Gasteiger partial charge in [0.1, 0.15) is 5.75 Å². The first-order valence-corrected chi connectivity index (χ1v) is 4.66. The van der Waals surface area contributed by atoms with Gasteiger partial charge in [-0.3, -0.25) is 0 Å². The van der Waals surface area contributed by atoms with Gasteiger partial charge in [0.15, 0.2) is 6.29 Å². The van der Waals surface area contributed by atoms with Crippen LogP contribution in [0.2, 0.25) is 0 Å². The minimum atomic E-state index is -0.218. The normalized spacial score (nSPS) is 20.3. The Bertz CT molecular complexity index is 322. The van der Waals surface area contributed by atoms with Crippen LogP contribution in [-0.2, 0) is 15.9 Å². The molecule has 3 nitrogen and oxygen atoms in total. The van der Waals surface area contributed by atoms with E-state index in [1.165, 1.54) is 5.56 Å². The Morgan fingerprint density at radius 1 is 1.36 bits per heavy atom. The van der Waals surface area contributed by atoms with E-state index in [-0.39, 0.29) is 6.29 Å². The molecule has 3 heteroatoms. The topological polar surface area (TPSA) is 27.7 Å². The molecule has 0 spiro atoms. The van der Waals surface area contributed by atoms with Gasteiger partial charge in [0.25, 0.3) is 0 Å². The van der Waals surface area contributed by atoms with E-state index < -0.39 is 0 Å². The lowest BCUT2D eigenvalue weighted by molar-refractivity contribution is -0.134. The Kier molecular flexibility index (Phi) is 2.70. The molecule has 1 heterocycles. The van der Waals surface area contributed by atoms with E-state index in [0.717, 1.165) is 17.7 Å². The van der Waals surface area contributed by atoms with Gasteiger partial charge < -0.3 is 14.2 Å². The first kappa shape index (κ1) is 9.49. The molecule has 1 aliphatic heterocycles. The monoisotopic (exact) mass is 194 g/mol. The Labute approximate surface area is 83.6 Å². The fourth-order valence-electron chi connectivity index (χ4n) is 1.72. The third-order valence-electron chi connectivity index (χ3n) is 2.46. The lowest BCUT2D eigenvalue weighted by Crippen LogP contribution is -2.17. The maximum absolute atomic E-state index is 5.46. The van der Waals surface area contributed by atoms with Crippen molar-refractivity contribution in [3.05, 3.63) is 29.3 Å². The molecule has 1 aromatic rings. The summed E-state index contributed by atoms with van der Waals surface area (Å²) in [7, 11) is 3.33. The zero-order valence-electron chi connectivity index (χ0n) is 8.45. The zero-order valence-corrected chi connectivity index (χ0v) is 8.45. The molecule has 1 atom stereocenters. The summed E-state index contributed by atoms with van der Waals surface area (Å²) in [5.74, 6) is 0.889. The fraction of sp³-hybridized carbons (Fsp3) is 0.455. The van der Waals surface area contributed by atoms with Gasteiger partial charge in [-0.15, -0.1) is 0 Å². The number of benzene rings is 1. The number of hydrogen-bond acceptors (Lipinski definition) is 3. The van der Waals surface area contributed by atoms with Crippen LogP contribution in [-0.4, -0.2) is 20.8 Å². The molecule has 0 radical (unpaired) electrons. The fourth-order valence-corrected chi connectivity index (χ4v) is 1.72. The molecule has 0 N–H and O–H groups in total. The number of methoxy groups -OCH3 is 2. The molecule has 1 unspecified atom stereocenters. The van der Waals surface area contributed by atoms with E-state index in [9.17, 15) is 0 Å². The molecule has 0 aromatic heterocycles. The molecule has 0 saturated carbocycles. The van der Waals surface area contributed by atoms with Crippen LogP contribution in [0.25, 0.3) is 0 Å². The van der Waals surface area contributed by atoms with Gasteiger partial charge in [-0.2, -0.15) is 0 Å². The molecule has 76 valence electrons. The summed E-state index contributed by atoms with van der Waals surface area (Å²) in [6.07, 6.45) is 0.705. The molecule has 0 aliphatic carbocycles. The first-order chi connectivity index (χ1) is 6.85. The molecule has 1 aliphatic rings. The Balaban J connectivity index is 2.35. The van der Waals surface area contributed by atoms with E-state index in [1.807, 2.05) is 18.2 Å². The highest BCUT2D eigenvalue weighted by Crippen LogP contribution is 2.29. The largest absolute Gasteiger partial charge is 0.497 e. The van der Waals surface area contributed by atoms with Crippen LogP contribution in [0.4, 0.5) is 0 Å². The van der Waals surface area contributed by atoms with E-state index in [2.05, 4.69) is 0 Å². The average Bonchev–Trinajstić information content (AvgIpc) is 2.27. The van der Waals surface area contributed by atoms with Crippen molar-refractivity contribution in [2.24, 2.45) is 0 Å². The van der Waals surface area contributed by atoms with Crippen molar-refractivity contribution in [2.45, 2.75) is 12.7 Å². The van der Waals surface area contributed by atoms with Gasteiger partial charge in [-0.1, -0.05) is 6.07 Å². The predicted octanol–water partition coefficient (Wildman–Crippen LogP) is 1.91. The van der Waals surface area contributed by atoms with Crippen LogP contribution in [0.5, 0.6) is 5.75 Å². The van der Waals surface area contributed by atoms with Crippen LogP contribution < -0.4 is 4.74 Å². The summed E-state index contributed by atoms with van der Waals surface area (Å²) in [4.78, 5) is 0. The van der Waals surface area contributed by atoms with E-state index >= 15 is 0 Å². The molecule has 0 bridgehead atoms. The number of hydrogen-bond donors (Lipinski definition) is 0. The maximum atomic E-state index is 5.46. The molecule has 0 amide bonds. The number of rotatable bonds is 2. The van der Waals surface area contributed by atoms with Crippen LogP contribution in [0.1, 0.15) is 17.4 Å². The highest BCUT2D eigenvalue weighted by molar-refractivity contribution is 5.37. The van der Waals surface area contributed by atoms with E-state index in [0.29, 0.717) is 6.61 Å². The summed E-state index contributed by atoms with van der Waals surface area (Å²) in [6, 6.07) is 5.98. The molecular weight excluding hydrogens is 180 g/mol. The second kappa shape index (κ2) is 3.98. The number of ether oxygens (including phenoxy) is 3. The van der Waals surface area contributed by atoms with Gasteiger partial charge in [-0.25, -0.2) is 0 Å². The number of fused-ring (bicyclic) bond motifs is 1. The van der Waals surface area contributed by atoms with Crippen LogP contribution in [0.3, 0.4) is 0 Å². The molecule has 14 heavy (non-hydrogen) atoms. The molecule has 1 aromatic carbocycles. The lowest BCUT2D eigenvalue weighted by Gasteiger charge is -2.24. The van der Waals surface area contributed by atoms with Crippen molar-refractivity contribution in [2.75, 3.05) is 20.8 Å². The Hall–Kier alpha value is -1.06. The van der Waals surface area contributed by atoms with Crippen molar-refractivity contribution in [3.63, 3.8) is 0 Å². The van der Waals surface area contributed by atoms with Crippen LogP contribution in [0, 0.1) is 0 Å². The summed E-state index contributed by atoms with van der Waals surface area (Å²) in [5.41, 5.74) is 2.36. The minimum absolute atomic E-state index is 0.218. The van der Waals surface area contributed by atoms with Gasteiger partial charge in [0.05, 0.1) is 13.7 Å². The van der Waals surface area contributed by atoms with Crippen molar-refractivity contribution in [1.82, 2.24) is 0 Å². The predicted molar refractivity (Wildman–Crippen MR) is 52.4 cm³/mol. The Morgan fingerprint density at radius 2 is 2.21 bits per heavy atom. The summed E-state index contributed by atoms with van der Waals surface area (Å²) < 4.78 is 15.9. The first-order valence-electron chi connectivity index (χ1n) is 4.66. The second-order valence-corrected chi connectivity index (χ2v) is 3.25. The van der Waals surface area contributed by atoms with Crippen molar-refractivity contribution in [3.8, 4) is 5.75 Å². The quantitative estimate of drug-likeness (QED) is 0.719. The lowest BCUT2D eigenvalue weighted by atomic mass is 10.0. The Morgan fingerprint density at radius 3 is 2.93 bits per heavy atom. The van der Waals surface area contributed by atoms with Crippen molar-refractivity contribution < 1.29 is 14.2 Å². The smallest absolute Gasteiger partial charge is 0.183 e. The second-order valence-electron chi connectivity index (χ2n) is 3.25. The van der Waals surface area contributed by atoms with E-state index in [1.54, 1.807) is 14.2 Å². The highest BCUT2D eigenvalue weighted by atomic mass is 16.7. The third kappa shape index (κ3) is 1.61. The zero-order chi connectivity index (χ0) is 9.97. The molecule has 2 rings (SSSR count). The molecular formula is C11H14O3. The average molecular weight is 194 g/mol. The maximum Gasteiger partial charge on any atom is 0.183 e. The van der Waals surface area contributed by atoms with Crippen molar-refractivity contribution >= 4 is 0 Å². The third-order valence-corrected chi connectivity index (χ3v) is 2.46. The molecule has 0 saturated heterocycles. The summed E-state index contributed by atoms with van der Waals surface area (Å²) >= 11 is 0. The summed E-state index contributed by atoms with van der Waals surface area (Å²) in [5, 5.41) is 0.